The van der Waals surface area contributed by atoms with E-state index in [9.17, 15) is 4.57 Å². The van der Waals surface area contributed by atoms with E-state index in [1.807, 2.05) is 0 Å². The van der Waals surface area contributed by atoms with Gasteiger partial charge in [-0.05, 0) is 0 Å². The second kappa shape index (κ2) is 10.6. The Labute approximate surface area is 96.4 Å². The summed E-state index contributed by atoms with van der Waals surface area (Å²) in [6, 6.07) is 0. The summed E-state index contributed by atoms with van der Waals surface area (Å²) in [5.74, 6) is 0. The summed E-state index contributed by atoms with van der Waals surface area (Å²) in [7, 11) is -4.03. The highest BCUT2D eigenvalue weighted by molar-refractivity contribution is 7.48. The van der Waals surface area contributed by atoms with E-state index in [0.29, 0.717) is 0 Å². The van der Waals surface area contributed by atoms with Crippen molar-refractivity contribution in [3.63, 3.8) is 0 Å². The van der Waals surface area contributed by atoms with Crippen molar-refractivity contribution >= 4 is 21.8 Å². The molecule has 0 aromatic rings. The van der Waals surface area contributed by atoms with Gasteiger partial charge in [0.25, 0.3) is 0 Å². The fourth-order valence-electron chi connectivity index (χ4n) is 0.224. The zero-order chi connectivity index (χ0) is 14.7. The molecular formula is C4H14O11P2. The second-order valence-electron chi connectivity index (χ2n) is 1.79. The van der Waals surface area contributed by atoms with Gasteiger partial charge in [-0.15, -0.1) is 0 Å². The molecule has 0 saturated carbocycles. The van der Waals surface area contributed by atoms with Crippen molar-refractivity contribution in [2.45, 2.75) is 0 Å². The minimum absolute atomic E-state index is 1.26. The lowest BCUT2D eigenvalue weighted by atomic mass is 11.5. The molecule has 0 aromatic heterocycles. The average Bonchev–Trinajstić information content (AvgIpc) is 2.13. The Morgan fingerprint density at radius 2 is 1.00 bits per heavy atom. The van der Waals surface area contributed by atoms with Crippen molar-refractivity contribution in [1.29, 1.82) is 0 Å². The smallest absolute Gasteiger partial charge is 0.450 e. The monoisotopic (exact) mass is 300 g/mol. The number of carboxylic acid groups (broad SMARTS) is 2. The van der Waals surface area contributed by atoms with Crippen LogP contribution < -0.4 is 0 Å². The van der Waals surface area contributed by atoms with Gasteiger partial charge in [0, 0.05) is 21.3 Å². The van der Waals surface area contributed by atoms with E-state index >= 15 is 0 Å². The van der Waals surface area contributed by atoms with Crippen molar-refractivity contribution in [3.8, 4) is 0 Å². The van der Waals surface area contributed by atoms with E-state index in [2.05, 4.69) is 13.6 Å². The predicted molar refractivity (Wildman–Crippen MR) is 53.6 cm³/mol. The Kier molecular flexibility index (Phi) is 13.6. The van der Waals surface area contributed by atoms with E-state index in [0.717, 1.165) is 0 Å². The lowest BCUT2D eigenvalue weighted by molar-refractivity contribution is 0.136. The number of hydrogen-bond acceptors (Lipinski definition) is 6. The van der Waals surface area contributed by atoms with Crippen LogP contribution in [0.1, 0.15) is 0 Å². The molecule has 0 aliphatic rings. The average molecular weight is 300 g/mol. The van der Waals surface area contributed by atoms with Crippen LogP contribution in [0.4, 0.5) is 4.79 Å². The summed E-state index contributed by atoms with van der Waals surface area (Å²) in [5.41, 5.74) is 0. The Hall–Kier alpha value is -0.510. The van der Waals surface area contributed by atoms with Crippen molar-refractivity contribution < 1.29 is 52.4 Å². The van der Waals surface area contributed by atoms with Gasteiger partial charge in [0.1, 0.15) is 0 Å². The van der Waals surface area contributed by atoms with Crippen LogP contribution in [-0.4, -0.2) is 52.4 Å². The highest BCUT2D eigenvalue weighted by atomic mass is 31.2. The molecule has 0 radical (unpaired) electrons. The maximum Gasteiger partial charge on any atom is 0.503 e. The molecule has 17 heavy (non-hydrogen) atoms. The molecular weight excluding hydrogens is 286 g/mol. The Balaban J connectivity index is -0.000000188. The second-order valence-corrected chi connectivity index (χ2v) is 4.81. The summed E-state index contributed by atoms with van der Waals surface area (Å²) in [4.78, 5) is 30.1. The van der Waals surface area contributed by atoms with Crippen LogP contribution in [0.3, 0.4) is 0 Å². The molecule has 0 aliphatic carbocycles. The van der Waals surface area contributed by atoms with Gasteiger partial charge in [-0.3, -0.25) is 13.6 Å². The van der Waals surface area contributed by atoms with Crippen LogP contribution in [0.15, 0.2) is 0 Å². The van der Waals surface area contributed by atoms with Crippen LogP contribution >= 0.6 is 15.6 Å². The maximum absolute atomic E-state index is 10.7. The lowest BCUT2D eigenvalue weighted by Crippen LogP contribution is -1.88. The van der Waals surface area contributed by atoms with Crippen LogP contribution in [-0.2, 0) is 22.7 Å². The van der Waals surface area contributed by atoms with Crippen LogP contribution in [0, 0.1) is 0 Å². The fraction of sp³-hybridized carbons (Fsp3) is 0.750. The molecule has 0 atom stereocenters. The molecule has 11 nitrogen and oxygen atoms in total. The molecule has 0 fully saturated rings. The third kappa shape index (κ3) is 39.1. The zero-order valence-corrected chi connectivity index (χ0v) is 10.9. The van der Waals surface area contributed by atoms with Gasteiger partial charge in [-0.2, -0.15) is 0 Å². The largest absolute Gasteiger partial charge is 0.503 e. The summed E-state index contributed by atoms with van der Waals surface area (Å²) < 4.78 is 32.6. The lowest BCUT2D eigenvalue weighted by Gasteiger charge is -2.08. The first-order chi connectivity index (χ1) is 7.41. The molecule has 0 heterocycles. The number of carbonyl (C=O) groups is 1. The molecule has 0 rings (SSSR count). The standard InChI is InChI=1S/C3H9O4P.CH2O3.H3O4P/c1-5-8(4,6-2)7-3;2-1(3)4;1-5(2,3)4/h1-3H3;(H2,2,3,4);(H3,1,2,3,4). The summed E-state index contributed by atoms with van der Waals surface area (Å²) in [6.45, 7) is 0. The van der Waals surface area contributed by atoms with Gasteiger partial charge in [0.15, 0.2) is 0 Å². The van der Waals surface area contributed by atoms with Gasteiger partial charge < -0.3 is 24.9 Å². The van der Waals surface area contributed by atoms with Gasteiger partial charge in [0.05, 0.1) is 0 Å². The molecule has 13 heteroatoms. The van der Waals surface area contributed by atoms with E-state index in [1.54, 1.807) is 0 Å². The minimum Gasteiger partial charge on any atom is -0.450 e. The zero-order valence-electron chi connectivity index (χ0n) is 9.08. The number of phosphoric acid groups is 2. The van der Waals surface area contributed by atoms with Gasteiger partial charge in [-0.25, -0.2) is 13.9 Å². The predicted octanol–water partition coefficient (Wildman–Crippen LogP) is 0.327. The summed E-state index contributed by atoms with van der Waals surface area (Å²) in [6.07, 6.45) is -1.83. The first-order valence-corrected chi connectivity index (χ1v) is 6.41. The maximum atomic E-state index is 10.7. The molecule has 0 spiro atoms. The van der Waals surface area contributed by atoms with E-state index in [-0.39, 0.29) is 0 Å². The van der Waals surface area contributed by atoms with Crippen molar-refractivity contribution in [1.82, 2.24) is 0 Å². The molecule has 0 bridgehead atoms. The normalized spacial score (nSPS) is 10.5. The van der Waals surface area contributed by atoms with E-state index in [4.69, 9.17) is 34.3 Å². The van der Waals surface area contributed by atoms with Crippen LogP contribution in [0.25, 0.3) is 0 Å². The molecule has 0 aliphatic heterocycles. The minimum atomic E-state index is -4.64. The third-order valence-electron chi connectivity index (χ3n) is 0.671. The quantitative estimate of drug-likeness (QED) is 0.453. The highest BCUT2D eigenvalue weighted by Gasteiger charge is 2.18. The van der Waals surface area contributed by atoms with Gasteiger partial charge in [-0.1, -0.05) is 0 Å². The Morgan fingerprint density at radius 1 is 0.882 bits per heavy atom. The van der Waals surface area contributed by atoms with Gasteiger partial charge in [0.2, 0.25) is 0 Å². The summed E-state index contributed by atoms with van der Waals surface area (Å²) >= 11 is 0. The van der Waals surface area contributed by atoms with E-state index < -0.39 is 21.8 Å². The Bertz CT molecular complexity index is 250. The van der Waals surface area contributed by atoms with Gasteiger partial charge >= 0.3 is 21.8 Å². The van der Waals surface area contributed by atoms with Crippen LogP contribution in [0.5, 0.6) is 0 Å². The first-order valence-electron chi connectivity index (χ1n) is 3.39. The van der Waals surface area contributed by atoms with Crippen molar-refractivity contribution in [2.24, 2.45) is 0 Å². The topological polar surface area (TPSA) is 180 Å². The number of phosphoric ester groups is 1. The first kappa shape index (κ1) is 21.7. The van der Waals surface area contributed by atoms with Crippen molar-refractivity contribution in [2.75, 3.05) is 21.3 Å². The molecule has 0 aromatic carbocycles. The Morgan fingerprint density at radius 3 is 1.00 bits per heavy atom. The third-order valence-corrected chi connectivity index (χ3v) is 2.01. The number of rotatable bonds is 3. The van der Waals surface area contributed by atoms with Crippen LogP contribution in [0.2, 0.25) is 0 Å². The molecule has 0 unspecified atom stereocenters. The fourth-order valence-corrected chi connectivity index (χ4v) is 0.671. The molecule has 106 valence electrons. The molecule has 0 amide bonds. The van der Waals surface area contributed by atoms with E-state index in [1.165, 1.54) is 21.3 Å². The molecule has 5 N–H and O–H groups in total. The summed E-state index contributed by atoms with van der Waals surface area (Å²) in [5, 5.41) is 13.9. The highest BCUT2D eigenvalue weighted by Crippen LogP contribution is 2.46. The van der Waals surface area contributed by atoms with Crippen molar-refractivity contribution in [3.05, 3.63) is 0 Å². The molecule has 0 saturated heterocycles. The number of hydrogen-bond donors (Lipinski definition) is 5. The SMILES string of the molecule is COP(=O)(OC)OC.O=C(O)O.O=P(O)(O)O.